The van der Waals surface area contributed by atoms with Gasteiger partial charge in [-0.1, -0.05) is 48.6 Å². The van der Waals surface area contributed by atoms with Crippen LogP contribution >= 0.6 is 0 Å². The van der Waals surface area contributed by atoms with Gasteiger partial charge in [0.15, 0.2) is 0 Å². The summed E-state index contributed by atoms with van der Waals surface area (Å²) in [6.07, 6.45) is 9.03. The fourth-order valence-corrected chi connectivity index (χ4v) is 3.46. The zero-order valence-corrected chi connectivity index (χ0v) is 16.8. The molecule has 0 amide bonds. The molecule has 1 aromatic carbocycles. The van der Waals surface area contributed by atoms with E-state index in [1.165, 1.54) is 11.1 Å². The molecule has 0 saturated heterocycles. The van der Waals surface area contributed by atoms with E-state index in [1.807, 2.05) is 25.1 Å². The smallest absolute Gasteiger partial charge is 0.119 e. The molecule has 1 N–H and O–H groups in total. The lowest BCUT2D eigenvalue weighted by atomic mass is 9.85. The van der Waals surface area contributed by atoms with Crippen LogP contribution < -0.4 is 0 Å². The minimum atomic E-state index is 0.147. The highest BCUT2D eigenvalue weighted by Gasteiger charge is 2.21. The predicted molar refractivity (Wildman–Crippen MR) is 110 cm³/mol. The fourth-order valence-electron chi connectivity index (χ4n) is 3.46. The average Bonchev–Trinajstić information content (AvgIpc) is 2.53. The van der Waals surface area contributed by atoms with Crippen LogP contribution in [-0.4, -0.2) is 28.6 Å². The summed E-state index contributed by atoms with van der Waals surface area (Å²) in [7, 11) is 0. The van der Waals surface area contributed by atoms with E-state index in [1.54, 1.807) is 0 Å². The molecule has 0 spiro atoms. The molecule has 0 saturated carbocycles. The van der Waals surface area contributed by atoms with Crippen LogP contribution in [-0.2, 0) is 0 Å². The largest absolute Gasteiger partial charge is 0.508 e. The molecule has 0 aromatic heterocycles. The summed E-state index contributed by atoms with van der Waals surface area (Å²) in [6.45, 7) is 17.9. The summed E-state index contributed by atoms with van der Waals surface area (Å²) < 4.78 is 0. The maximum absolute atomic E-state index is 10.5. The molecule has 138 valence electrons. The first-order chi connectivity index (χ1) is 11.8. The van der Waals surface area contributed by atoms with E-state index in [2.05, 4.69) is 70.4 Å². The normalized spacial score (nSPS) is 14.0. The lowest BCUT2D eigenvalue weighted by molar-refractivity contribution is 0.170. The zero-order valence-electron chi connectivity index (χ0n) is 16.8. The van der Waals surface area contributed by atoms with Crippen molar-refractivity contribution in [3.63, 3.8) is 0 Å². The molecular weight excluding hydrogens is 306 g/mol. The predicted octanol–water partition coefficient (Wildman–Crippen LogP) is 5.98. The minimum Gasteiger partial charge on any atom is -0.508 e. The SMILES string of the molecule is C=C/C=C(\C=C/C)C(CCN(C(C)C)C(C)C)c1cc(C)ccc1O. The number of hydrogen-bond donors (Lipinski definition) is 1. The number of aryl methyl sites for hydroxylation is 1. The van der Waals surface area contributed by atoms with E-state index in [-0.39, 0.29) is 5.92 Å². The molecule has 0 heterocycles. The third-order valence-electron chi connectivity index (χ3n) is 4.63. The van der Waals surface area contributed by atoms with Gasteiger partial charge in [0, 0.05) is 23.6 Å². The fraction of sp³-hybridized carbons (Fsp3) is 0.478. The Morgan fingerprint density at radius 3 is 2.36 bits per heavy atom. The lowest BCUT2D eigenvalue weighted by Crippen LogP contribution is -2.38. The number of nitrogens with zero attached hydrogens (tertiary/aromatic N) is 1. The highest BCUT2D eigenvalue weighted by Crippen LogP contribution is 2.36. The topological polar surface area (TPSA) is 23.5 Å². The molecule has 1 unspecified atom stereocenters. The van der Waals surface area contributed by atoms with Crippen LogP contribution in [0.5, 0.6) is 5.75 Å². The quantitative estimate of drug-likeness (QED) is 0.558. The number of benzene rings is 1. The van der Waals surface area contributed by atoms with Crippen molar-refractivity contribution in [1.29, 1.82) is 0 Å². The van der Waals surface area contributed by atoms with Gasteiger partial charge < -0.3 is 5.11 Å². The summed E-state index contributed by atoms with van der Waals surface area (Å²) in [5.41, 5.74) is 3.35. The summed E-state index contributed by atoms with van der Waals surface area (Å²) >= 11 is 0. The number of hydrogen-bond acceptors (Lipinski definition) is 2. The van der Waals surface area contributed by atoms with Crippen molar-refractivity contribution in [2.45, 2.75) is 66.0 Å². The average molecular weight is 342 g/mol. The Kier molecular flexibility index (Phi) is 8.71. The van der Waals surface area contributed by atoms with Crippen molar-refractivity contribution in [3.05, 3.63) is 65.8 Å². The van der Waals surface area contributed by atoms with Gasteiger partial charge in [-0.2, -0.15) is 0 Å². The Labute approximate surface area is 154 Å². The number of phenolic OH excluding ortho intramolecular Hbond substituents is 1. The summed E-state index contributed by atoms with van der Waals surface area (Å²) in [5.74, 6) is 0.518. The van der Waals surface area contributed by atoms with E-state index < -0.39 is 0 Å². The Balaban J connectivity index is 3.26. The maximum atomic E-state index is 10.5. The van der Waals surface area contributed by atoms with Crippen molar-refractivity contribution in [3.8, 4) is 5.75 Å². The van der Waals surface area contributed by atoms with Crippen LogP contribution in [0.3, 0.4) is 0 Å². The molecule has 0 aliphatic heterocycles. The number of allylic oxidation sites excluding steroid dienone is 5. The van der Waals surface area contributed by atoms with Gasteiger partial charge in [0.1, 0.15) is 5.75 Å². The van der Waals surface area contributed by atoms with Crippen molar-refractivity contribution in [2.24, 2.45) is 0 Å². The zero-order chi connectivity index (χ0) is 19.0. The first-order valence-corrected chi connectivity index (χ1v) is 9.32. The van der Waals surface area contributed by atoms with Gasteiger partial charge in [-0.25, -0.2) is 0 Å². The highest BCUT2D eigenvalue weighted by atomic mass is 16.3. The Bertz CT molecular complexity index is 603. The molecule has 0 radical (unpaired) electrons. The van der Waals surface area contributed by atoms with E-state index in [9.17, 15) is 5.11 Å². The lowest BCUT2D eigenvalue weighted by Gasteiger charge is -2.32. The van der Waals surface area contributed by atoms with E-state index in [0.717, 1.165) is 18.5 Å². The van der Waals surface area contributed by atoms with Gasteiger partial charge in [-0.3, -0.25) is 4.90 Å². The van der Waals surface area contributed by atoms with Crippen molar-refractivity contribution in [1.82, 2.24) is 4.90 Å². The highest BCUT2D eigenvalue weighted by molar-refractivity contribution is 5.45. The molecule has 0 fully saturated rings. The molecule has 0 bridgehead atoms. The van der Waals surface area contributed by atoms with E-state index in [4.69, 9.17) is 0 Å². The van der Waals surface area contributed by atoms with Crippen LogP contribution in [0.2, 0.25) is 0 Å². The molecule has 1 aromatic rings. The van der Waals surface area contributed by atoms with E-state index >= 15 is 0 Å². The monoisotopic (exact) mass is 341 g/mol. The second kappa shape index (κ2) is 10.2. The molecule has 2 nitrogen and oxygen atoms in total. The molecule has 0 aliphatic rings. The Morgan fingerprint density at radius 2 is 1.84 bits per heavy atom. The maximum Gasteiger partial charge on any atom is 0.119 e. The summed E-state index contributed by atoms with van der Waals surface area (Å²) in [6, 6.07) is 6.87. The van der Waals surface area contributed by atoms with Crippen LogP contribution in [0.15, 0.2) is 54.7 Å². The Hall–Kier alpha value is -1.80. The minimum absolute atomic E-state index is 0.147. The van der Waals surface area contributed by atoms with Gasteiger partial charge in [-0.05, 0) is 66.1 Å². The van der Waals surface area contributed by atoms with Crippen LogP contribution in [0.4, 0.5) is 0 Å². The molecule has 1 atom stereocenters. The first kappa shape index (κ1) is 21.2. The second-order valence-electron chi connectivity index (χ2n) is 7.23. The Morgan fingerprint density at radius 1 is 1.20 bits per heavy atom. The first-order valence-electron chi connectivity index (χ1n) is 9.32. The van der Waals surface area contributed by atoms with Gasteiger partial charge in [0.05, 0.1) is 0 Å². The number of phenols is 1. The molecule has 25 heavy (non-hydrogen) atoms. The summed E-state index contributed by atoms with van der Waals surface area (Å²) in [4.78, 5) is 2.50. The van der Waals surface area contributed by atoms with E-state index in [0.29, 0.717) is 17.8 Å². The van der Waals surface area contributed by atoms with Crippen LogP contribution in [0, 0.1) is 6.92 Å². The van der Waals surface area contributed by atoms with Crippen molar-refractivity contribution >= 4 is 0 Å². The third kappa shape index (κ3) is 6.21. The number of rotatable bonds is 9. The van der Waals surface area contributed by atoms with Gasteiger partial charge in [0.25, 0.3) is 0 Å². The number of aromatic hydroxyl groups is 1. The van der Waals surface area contributed by atoms with Gasteiger partial charge in [-0.15, -0.1) is 0 Å². The molecular formula is C23H35NO. The van der Waals surface area contributed by atoms with Crippen molar-refractivity contribution < 1.29 is 5.11 Å². The van der Waals surface area contributed by atoms with Crippen LogP contribution in [0.1, 0.15) is 58.1 Å². The molecule has 0 aliphatic carbocycles. The van der Waals surface area contributed by atoms with Gasteiger partial charge in [0.2, 0.25) is 0 Å². The van der Waals surface area contributed by atoms with Crippen molar-refractivity contribution in [2.75, 3.05) is 6.54 Å². The summed E-state index contributed by atoms with van der Waals surface area (Å²) in [5, 5.41) is 10.5. The van der Waals surface area contributed by atoms with Gasteiger partial charge >= 0.3 is 0 Å². The second-order valence-corrected chi connectivity index (χ2v) is 7.23. The molecule has 1 rings (SSSR count). The standard InChI is InChI=1S/C23H35NO/c1-8-10-20(11-9-2)21(14-15-24(17(3)4)18(5)6)22-16-19(7)12-13-23(22)25/h8-13,16-18,21,25H,1,14-15H2,2-7H3/b11-9-,20-10+. The molecule has 2 heteroatoms. The van der Waals surface area contributed by atoms with Crippen LogP contribution in [0.25, 0.3) is 0 Å². The third-order valence-corrected chi connectivity index (χ3v) is 4.63.